The summed E-state index contributed by atoms with van der Waals surface area (Å²) in [5, 5.41) is 2.76. The molecule has 202 valence electrons. The van der Waals surface area contributed by atoms with Gasteiger partial charge in [0.15, 0.2) is 0 Å². The maximum atomic E-state index is 5.31. The average Bonchev–Trinajstić information content (AvgIpc) is 3.34. The van der Waals surface area contributed by atoms with Crippen LogP contribution in [0.5, 0.6) is 0 Å². The lowest BCUT2D eigenvalue weighted by molar-refractivity contribution is -0.0399. The van der Waals surface area contributed by atoms with E-state index in [-0.39, 0.29) is 5.41 Å². The van der Waals surface area contributed by atoms with Gasteiger partial charge in [-0.3, -0.25) is 4.98 Å². The van der Waals surface area contributed by atoms with Crippen molar-refractivity contribution in [3.8, 4) is 33.5 Å². The molecule has 5 aliphatic rings. The van der Waals surface area contributed by atoms with E-state index < -0.39 is 0 Å². The molecule has 11 rings (SSSR count). The predicted octanol–water partition coefficient (Wildman–Crippen LogP) is 9.84. The zero-order valence-corrected chi connectivity index (χ0v) is 23.6. The first-order valence-corrected chi connectivity index (χ1v) is 15.8. The minimum absolute atomic E-state index is 0.123. The maximum Gasteiger partial charge on any atom is 0.0972 e. The van der Waals surface area contributed by atoms with Gasteiger partial charge in [-0.2, -0.15) is 0 Å². The normalized spacial score (nSPS) is 26.7. The van der Waals surface area contributed by atoms with E-state index in [2.05, 4.69) is 103 Å². The van der Waals surface area contributed by atoms with Crippen molar-refractivity contribution in [1.29, 1.82) is 0 Å². The highest BCUT2D eigenvalue weighted by Crippen LogP contribution is 2.70. The van der Waals surface area contributed by atoms with Crippen molar-refractivity contribution in [3.05, 3.63) is 120 Å². The van der Waals surface area contributed by atoms with E-state index in [9.17, 15) is 0 Å². The third kappa shape index (κ3) is 3.00. The highest BCUT2D eigenvalue weighted by Gasteiger charge is 2.61. The Morgan fingerprint density at radius 3 is 2.21 bits per heavy atom. The average molecular weight is 541 g/mol. The van der Waals surface area contributed by atoms with Crippen LogP contribution in [0, 0.1) is 23.7 Å². The summed E-state index contributed by atoms with van der Waals surface area (Å²) in [6.07, 6.45) is 9.01. The largest absolute Gasteiger partial charge is 0.252 e. The molecular weight excluding hydrogens is 508 g/mol. The number of aromatic nitrogens is 2. The van der Waals surface area contributed by atoms with E-state index in [1.54, 1.807) is 11.1 Å². The summed E-state index contributed by atoms with van der Waals surface area (Å²) >= 11 is 0. The van der Waals surface area contributed by atoms with Gasteiger partial charge in [0.25, 0.3) is 0 Å². The Morgan fingerprint density at radius 2 is 1.38 bits per heavy atom. The van der Waals surface area contributed by atoms with Crippen molar-refractivity contribution in [2.24, 2.45) is 23.7 Å². The SMILES string of the molecule is c1ccc(-c2cccc3ncc(-c4ccc5c(c4)C4(c6ccc7ccccc7c6-5)C5CC6CC(C5)CC4C6)nc23)cc1. The summed E-state index contributed by atoms with van der Waals surface area (Å²) < 4.78 is 0. The first kappa shape index (κ1) is 23.3. The van der Waals surface area contributed by atoms with E-state index in [1.165, 1.54) is 65.1 Å². The number of hydrogen-bond acceptors (Lipinski definition) is 2. The molecule has 0 amide bonds. The van der Waals surface area contributed by atoms with Gasteiger partial charge in [0, 0.05) is 16.5 Å². The second kappa shape index (κ2) is 8.38. The lowest BCUT2D eigenvalue weighted by Crippen LogP contribution is -2.55. The van der Waals surface area contributed by atoms with E-state index in [0.29, 0.717) is 0 Å². The van der Waals surface area contributed by atoms with Gasteiger partial charge in [0.2, 0.25) is 0 Å². The second-order valence-electron chi connectivity index (χ2n) is 13.4. The third-order valence-corrected chi connectivity index (χ3v) is 11.5. The first-order valence-electron chi connectivity index (χ1n) is 15.8. The fourth-order valence-electron chi connectivity index (χ4n) is 10.1. The molecule has 1 aromatic heterocycles. The van der Waals surface area contributed by atoms with Crippen molar-refractivity contribution < 1.29 is 0 Å². The molecule has 0 aliphatic heterocycles. The highest BCUT2D eigenvalue weighted by molar-refractivity contribution is 6.03. The molecule has 4 fully saturated rings. The molecule has 0 unspecified atom stereocenters. The van der Waals surface area contributed by atoms with Gasteiger partial charge in [-0.1, -0.05) is 91.0 Å². The molecule has 0 atom stereocenters. The smallest absolute Gasteiger partial charge is 0.0972 e. The van der Waals surface area contributed by atoms with Crippen LogP contribution in [0.3, 0.4) is 0 Å². The van der Waals surface area contributed by atoms with Crippen molar-refractivity contribution in [1.82, 2.24) is 9.97 Å². The van der Waals surface area contributed by atoms with Crippen LogP contribution < -0.4 is 0 Å². The molecule has 1 heterocycles. The topological polar surface area (TPSA) is 25.8 Å². The Bertz CT molecular complexity index is 2030. The molecule has 4 bridgehead atoms. The van der Waals surface area contributed by atoms with Gasteiger partial charge in [0.1, 0.15) is 0 Å². The molecule has 1 spiro atoms. The lowest BCUT2D eigenvalue weighted by atomic mass is 9.43. The Morgan fingerprint density at radius 1 is 0.595 bits per heavy atom. The van der Waals surface area contributed by atoms with E-state index >= 15 is 0 Å². The molecule has 6 aromatic rings. The molecule has 2 heteroatoms. The van der Waals surface area contributed by atoms with Gasteiger partial charge in [-0.05, 0) is 106 Å². The van der Waals surface area contributed by atoms with E-state index in [4.69, 9.17) is 9.97 Å². The van der Waals surface area contributed by atoms with Crippen molar-refractivity contribution in [3.63, 3.8) is 0 Å². The van der Waals surface area contributed by atoms with Crippen LogP contribution in [0.1, 0.15) is 43.2 Å². The van der Waals surface area contributed by atoms with Crippen molar-refractivity contribution in [2.75, 3.05) is 0 Å². The summed E-state index contributed by atoms with van der Waals surface area (Å²) in [6, 6.07) is 38.1. The van der Waals surface area contributed by atoms with Crippen LogP contribution in [0.4, 0.5) is 0 Å². The number of para-hydroxylation sites is 1. The van der Waals surface area contributed by atoms with Crippen molar-refractivity contribution in [2.45, 2.75) is 37.5 Å². The molecule has 2 nitrogen and oxygen atoms in total. The fourth-order valence-corrected chi connectivity index (χ4v) is 10.1. The number of hydrogen-bond donors (Lipinski definition) is 0. The standard InChI is InChI=1S/C40H32N2/c1-2-7-26(8-3-1)32-11-6-12-36-39(32)42-37(23-41-36)28-13-15-33-35(22-28)40(29-18-24-17-25(20-29)21-30(40)19-24)34-16-14-27-9-4-5-10-31(27)38(33)34/h1-16,22-25,29-30H,17-21H2. The quantitative estimate of drug-likeness (QED) is 0.218. The van der Waals surface area contributed by atoms with Crippen LogP contribution in [0.25, 0.3) is 55.3 Å². The van der Waals surface area contributed by atoms with Gasteiger partial charge in [-0.15, -0.1) is 0 Å². The minimum atomic E-state index is 0.123. The maximum absolute atomic E-state index is 5.31. The molecule has 0 radical (unpaired) electrons. The van der Waals surface area contributed by atoms with Crippen molar-refractivity contribution >= 4 is 21.8 Å². The van der Waals surface area contributed by atoms with Crippen LogP contribution in [0.15, 0.2) is 109 Å². The minimum Gasteiger partial charge on any atom is -0.252 e. The number of nitrogens with zero attached hydrogens (tertiary/aromatic N) is 2. The summed E-state index contributed by atoms with van der Waals surface area (Å²) in [7, 11) is 0. The summed E-state index contributed by atoms with van der Waals surface area (Å²) in [6.45, 7) is 0. The lowest BCUT2D eigenvalue weighted by Gasteiger charge is -2.61. The van der Waals surface area contributed by atoms with Gasteiger partial charge >= 0.3 is 0 Å². The zero-order chi connectivity index (χ0) is 27.4. The van der Waals surface area contributed by atoms with E-state index in [0.717, 1.165) is 46.0 Å². The van der Waals surface area contributed by atoms with Gasteiger partial charge in [0.05, 0.1) is 22.9 Å². The molecule has 5 aliphatic carbocycles. The molecule has 4 saturated carbocycles. The number of rotatable bonds is 2. The van der Waals surface area contributed by atoms with Crippen LogP contribution >= 0.6 is 0 Å². The van der Waals surface area contributed by atoms with Gasteiger partial charge in [-0.25, -0.2) is 4.98 Å². The highest BCUT2D eigenvalue weighted by atomic mass is 14.8. The van der Waals surface area contributed by atoms with E-state index in [1.807, 2.05) is 6.20 Å². The number of fused-ring (bicyclic) bond motifs is 6. The monoisotopic (exact) mass is 540 g/mol. The Balaban J connectivity index is 1.21. The third-order valence-electron chi connectivity index (χ3n) is 11.5. The molecular formula is C40H32N2. The molecule has 5 aromatic carbocycles. The molecule has 0 saturated heterocycles. The Labute approximate surface area is 246 Å². The Hall–Kier alpha value is -4.30. The van der Waals surface area contributed by atoms with Crippen LogP contribution in [0.2, 0.25) is 0 Å². The Kier molecular flexibility index (Phi) is 4.65. The molecule has 0 N–H and O–H groups in total. The fraction of sp³-hybridized carbons (Fsp3) is 0.250. The zero-order valence-electron chi connectivity index (χ0n) is 23.6. The summed E-state index contributed by atoms with van der Waals surface area (Å²) in [5.74, 6) is 3.32. The first-order chi connectivity index (χ1) is 20.8. The van der Waals surface area contributed by atoms with Crippen LogP contribution in [-0.2, 0) is 5.41 Å². The number of benzene rings is 5. The van der Waals surface area contributed by atoms with Gasteiger partial charge < -0.3 is 0 Å². The van der Waals surface area contributed by atoms with Crippen LogP contribution in [-0.4, -0.2) is 9.97 Å². The second-order valence-corrected chi connectivity index (χ2v) is 13.4. The summed E-state index contributed by atoms with van der Waals surface area (Å²) in [4.78, 5) is 10.2. The molecule has 42 heavy (non-hydrogen) atoms. The predicted molar refractivity (Wildman–Crippen MR) is 171 cm³/mol. The summed E-state index contributed by atoms with van der Waals surface area (Å²) in [5.41, 5.74) is 12.6.